The summed E-state index contributed by atoms with van der Waals surface area (Å²) < 4.78 is 55.2. The van der Waals surface area contributed by atoms with Gasteiger partial charge in [-0.1, -0.05) is 13.8 Å². The summed E-state index contributed by atoms with van der Waals surface area (Å²) in [5.41, 5.74) is 0. The molecule has 0 amide bonds. The van der Waals surface area contributed by atoms with Crippen LogP contribution in [0, 0.1) is 5.92 Å². The van der Waals surface area contributed by atoms with E-state index in [9.17, 15) is 17.2 Å². The average Bonchev–Trinajstić information content (AvgIpc) is 2.43. The minimum absolute atomic E-state index is 0.0825. The van der Waals surface area contributed by atoms with E-state index in [1.54, 1.807) is 0 Å². The molecule has 0 aromatic heterocycles. The Balaban J connectivity index is 2.67. The number of benzene rings is 1. The molecule has 0 saturated carbocycles. The van der Waals surface area contributed by atoms with Gasteiger partial charge in [-0.25, -0.2) is 21.9 Å². The van der Waals surface area contributed by atoms with E-state index in [-0.39, 0.29) is 4.90 Å². The van der Waals surface area contributed by atoms with Crippen LogP contribution >= 0.6 is 0 Å². The standard InChI is InChI=1S/C13H19F2NO4S/c1-9(2)8-20-10-3-5-11(6-4-10)21(18,19)16-7-12(17)13(14)15/h3-6,9,12-13,16-17H,7-8H2,1-2H3. The largest absolute Gasteiger partial charge is 0.493 e. The highest BCUT2D eigenvalue weighted by atomic mass is 32.2. The van der Waals surface area contributed by atoms with Crippen LogP contribution in [0.5, 0.6) is 5.75 Å². The summed E-state index contributed by atoms with van der Waals surface area (Å²) in [6.07, 6.45) is -5.03. The van der Waals surface area contributed by atoms with Crippen molar-refractivity contribution in [3.05, 3.63) is 24.3 Å². The maximum atomic E-state index is 12.1. The zero-order chi connectivity index (χ0) is 16.0. The second kappa shape index (κ2) is 7.67. The number of rotatable bonds is 8. The van der Waals surface area contributed by atoms with E-state index >= 15 is 0 Å². The van der Waals surface area contributed by atoms with Gasteiger partial charge in [0.2, 0.25) is 10.0 Å². The third-order valence-electron chi connectivity index (χ3n) is 2.49. The number of ether oxygens (including phenoxy) is 1. The third-order valence-corrected chi connectivity index (χ3v) is 3.93. The Hall–Kier alpha value is -1.25. The van der Waals surface area contributed by atoms with Crippen molar-refractivity contribution in [1.29, 1.82) is 0 Å². The Morgan fingerprint density at radius 3 is 2.29 bits per heavy atom. The topological polar surface area (TPSA) is 75.6 Å². The number of aliphatic hydroxyl groups excluding tert-OH is 1. The molecular weight excluding hydrogens is 304 g/mol. The van der Waals surface area contributed by atoms with Crippen LogP contribution in [-0.2, 0) is 10.0 Å². The number of alkyl halides is 2. The fourth-order valence-electron chi connectivity index (χ4n) is 1.35. The van der Waals surface area contributed by atoms with Gasteiger partial charge in [-0.05, 0) is 30.2 Å². The predicted octanol–water partition coefficient (Wildman–Crippen LogP) is 1.63. The van der Waals surface area contributed by atoms with E-state index in [1.165, 1.54) is 24.3 Å². The Bertz CT molecular complexity index is 532. The molecule has 1 atom stereocenters. The summed E-state index contributed by atoms with van der Waals surface area (Å²) in [4.78, 5) is -0.0825. The van der Waals surface area contributed by atoms with Crippen molar-refractivity contribution >= 4 is 10.0 Å². The van der Waals surface area contributed by atoms with Gasteiger partial charge in [0.25, 0.3) is 6.43 Å². The molecule has 0 aliphatic carbocycles. The van der Waals surface area contributed by atoms with E-state index in [0.29, 0.717) is 18.3 Å². The molecule has 2 N–H and O–H groups in total. The van der Waals surface area contributed by atoms with Gasteiger partial charge in [-0.15, -0.1) is 0 Å². The highest BCUT2D eigenvalue weighted by Gasteiger charge is 2.21. The van der Waals surface area contributed by atoms with Gasteiger partial charge in [-0.3, -0.25) is 0 Å². The van der Waals surface area contributed by atoms with Crippen LogP contribution in [0.3, 0.4) is 0 Å². The molecule has 1 unspecified atom stereocenters. The summed E-state index contributed by atoms with van der Waals surface area (Å²) in [6.45, 7) is 3.73. The summed E-state index contributed by atoms with van der Waals surface area (Å²) in [6, 6.07) is 5.60. The van der Waals surface area contributed by atoms with Crippen LogP contribution in [0.25, 0.3) is 0 Å². The van der Waals surface area contributed by atoms with Gasteiger partial charge < -0.3 is 9.84 Å². The molecule has 0 bridgehead atoms. The Labute approximate surface area is 123 Å². The SMILES string of the molecule is CC(C)COc1ccc(S(=O)(=O)NCC(O)C(F)F)cc1. The fraction of sp³-hybridized carbons (Fsp3) is 0.538. The zero-order valence-corrected chi connectivity index (χ0v) is 12.6. The molecule has 1 rings (SSSR count). The van der Waals surface area contributed by atoms with Crippen molar-refractivity contribution in [2.24, 2.45) is 5.92 Å². The Kier molecular flexibility index (Phi) is 6.50. The minimum atomic E-state index is -3.94. The van der Waals surface area contributed by atoms with Crippen LogP contribution in [0.4, 0.5) is 8.78 Å². The second-order valence-corrected chi connectivity index (χ2v) is 6.70. The first-order chi connectivity index (χ1) is 9.72. The third kappa shape index (κ3) is 5.94. The normalized spacial score (nSPS) is 13.7. The number of hydrogen-bond acceptors (Lipinski definition) is 4. The molecule has 0 aliphatic heterocycles. The van der Waals surface area contributed by atoms with E-state index in [0.717, 1.165) is 0 Å². The van der Waals surface area contributed by atoms with E-state index in [2.05, 4.69) is 0 Å². The molecule has 120 valence electrons. The first-order valence-corrected chi connectivity index (χ1v) is 7.89. The van der Waals surface area contributed by atoms with Crippen molar-refractivity contribution in [3.63, 3.8) is 0 Å². The minimum Gasteiger partial charge on any atom is -0.493 e. The van der Waals surface area contributed by atoms with Gasteiger partial charge >= 0.3 is 0 Å². The average molecular weight is 323 g/mol. The van der Waals surface area contributed by atoms with Crippen LogP contribution in [0.2, 0.25) is 0 Å². The lowest BCUT2D eigenvalue weighted by atomic mass is 10.2. The zero-order valence-electron chi connectivity index (χ0n) is 11.8. The highest BCUT2D eigenvalue weighted by molar-refractivity contribution is 7.89. The van der Waals surface area contributed by atoms with Gasteiger partial charge in [0.05, 0.1) is 11.5 Å². The van der Waals surface area contributed by atoms with E-state index in [1.807, 2.05) is 18.6 Å². The molecule has 1 aromatic carbocycles. The summed E-state index contributed by atoms with van der Waals surface area (Å²) in [5, 5.41) is 8.91. The number of nitrogens with one attached hydrogen (secondary N) is 1. The van der Waals surface area contributed by atoms with E-state index in [4.69, 9.17) is 9.84 Å². The molecule has 21 heavy (non-hydrogen) atoms. The second-order valence-electron chi connectivity index (χ2n) is 4.93. The molecule has 0 fully saturated rings. The molecule has 0 saturated heterocycles. The molecule has 0 heterocycles. The summed E-state index contributed by atoms with van der Waals surface area (Å²) in [7, 11) is -3.94. The fourth-order valence-corrected chi connectivity index (χ4v) is 2.40. The lowest BCUT2D eigenvalue weighted by Crippen LogP contribution is -2.35. The van der Waals surface area contributed by atoms with Crippen molar-refractivity contribution in [3.8, 4) is 5.75 Å². The summed E-state index contributed by atoms with van der Waals surface area (Å²) >= 11 is 0. The Morgan fingerprint density at radius 2 is 1.81 bits per heavy atom. The van der Waals surface area contributed by atoms with Crippen LogP contribution in [0.1, 0.15) is 13.8 Å². The maximum absolute atomic E-state index is 12.1. The number of halogens is 2. The van der Waals surface area contributed by atoms with E-state index < -0.39 is 29.1 Å². The van der Waals surface area contributed by atoms with Crippen molar-refractivity contribution < 1.29 is 27.0 Å². The molecule has 0 spiro atoms. The quantitative estimate of drug-likeness (QED) is 0.762. The van der Waals surface area contributed by atoms with Gasteiger partial charge in [-0.2, -0.15) is 0 Å². The van der Waals surface area contributed by atoms with Gasteiger partial charge in [0.1, 0.15) is 11.9 Å². The van der Waals surface area contributed by atoms with Crippen molar-refractivity contribution in [2.75, 3.05) is 13.2 Å². The first-order valence-electron chi connectivity index (χ1n) is 6.41. The van der Waals surface area contributed by atoms with Crippen LogP contribution in [-0.4, -0.2) is 39.2 Å². The molecule has 0 radical (unpaired) electrons. The molecule has 8 heteroatoms. The predicted molar refractivity (Wildman–Crippen MR) is 74.0 cm³/mol. The lowest BCUT2D eigenvalue weighted by molar-refractivity contribution is -0.000451. The highest BCUT2D eigenvalue weighted by Crippen LogP contribution is 2.16. The number of aliphatic hydroxyl groups is 1. The molecule has 5 nitrogen and oxygen atoms in total. The summed E-state index contributed by atoms with van der Waals surface area (Å²) in [5.74, 6) is 0.862. The maximum Gasteiger partial charge on any atom is 0.265 e. The number of sulfonamides is 1. The Morgan fingerprint density at radius 1 is 1.24 bits per heavy atom. The monoisotopic (exact) mass is 323 g/mol. The van der Waals surface area contributed by atoms with Crippen molar-refractivity contribution in [2.45, 2.75) is 31.3 Å². The van der Waals surface area contributed by atoms with Gasteiger partial charge in [0, 0.05) is 6.54 Å². The lowest BCUT2D eigenvalue weighted by Gasteiger charge is -2.12. The van der Waals surface area contributed by atoms with Crippen LogP contribution in [0.15, 0.2) is 29.2 Å². The smallest absolute Gasteiger partial charge is 0.265 e. The van der Waals surface area contributed by atoms with Crippen LogP contribution < -0.4 is 9.46 Å². The number of hydrogen-bond donors (Lipinski definition) is 2. The molecular formula is C13H19F2NO4S. The molecule has 1 aromatic rings. The first kappa shape index (κ1) is 17.8. The molecule has 0 aliphatic rings. The van der Waals surface area contributed by atoms with Gasteiger partial charge in [0.15, 0.2) is 0 Å². The van der Waals surface area contributed by atoms with Crippen molar-refractivity contribution in [1.82, 2.24) is 4.72 Å².